The molecule has 2 aromatic heterocycles. The lowest BCUT2D eigenvalue weighted by molar-refractivity contribution is -0.118. The van der Waals surface area contributed by atoms with E-state index in [2.05, 4.69) is 42.5 Å². The fourth-order valence-corrected chi connectivity index (χ4v) is 7.27. The third-order valence-electron chi connectivity index (χ3n) is 10.0. The van der Waals surface area contributed by atoms with E-state index in [1.54, 1.807) is 37.5 Å². The van der Waals surface area contributed by atoms with Gasteiger partial charge in [-0.05, 0) is 111 Å². The van der Waals surface area contributed by atoms with Crippen LogP contribution in [0.25, 0.3) is 22.3 Å². The number of benzene rings is 3. The van der Waals surface area contributed by atoms with Crippen LogP contribution in [0, 0.1) is 24.2 Å². The van der Waals surface area contributed by atoms with Gasteiger partial charge in [0.1, 0.15) is 29.5 Å². The predicted octanol–water partition coefficient (Wildman–Crippen LogP) is 9.69. The molecule has 0 aliphatic carbocycles. The summed E-state index contributed by atoms with van der Waals surface area (Å²) >= 11 is 3.29. The first kappa shape index (κ1) is 47.0. The highest BCUT2D eigenvalue weighted by molar-refractivity contribution is 9.10. The zero-order chi connectivity index (χ0) is 45.1. The molecule has 4 heterocycles. The average molecular weight is 904 g/mol. The first-order valence-electron chi connectivity index (χ1n) is 20.6. The molecule has 324 valence electrons. The number of nitrogens with zero attached hydrogens (tertiary/aromatic N) is 2. The maximum atomic E-state index is 12.2. The lowest BCUT2D eigenvalue weighted by Gasteiger charge is -2.26. The molecule has 0 saturated carbocycles. The normalized spacial score (nSPS) is 15.6. The number of pyridine rings is 2. The Kier molecular flexibility index (Phi) is 16.4. The molecule has 13 heteroatoms. The number of terminal acetylenes is 1. The zero-order valence-corrected chi connectivity index (χ0v) is 37.7. The van der Waals surface area contributed by atoms with Crippen LogP contribution in [-0.2, 0) is 9.59 Å². The molecule has 2 aliphatic rings. The van der Waals surface area contributed by atoms with Gasteiger partial charge in [-0.2, -0.15) is 0 Å². The largest absolute Gasteiger partial charge is 0.485 e. The molecule has 5 aromatic rings. The minimum Gasteiger partial charge on any atom is -0.485 e. The third kappa shape index (κ3) is 12.3. The Labute approximate surface area is 372 Å². The van der Waals surface area contributed by atoms with E-state index in [0.29, 0.717) is 47.4 Å². The highest BCUT2D eigenvalue weighted by atomic mass is 79.9. The van der Waals surface area contributed by atoms with Crippen molar-refractivity contribution in [2.24, 2.45) is 23.3 Å². The number of hydrogen-bond donors (Lipinski definition) is 4. The van der Waals surface area contributed by atoms with Gasteiger partial charge in [0.25, 0.3) is 0 Å². The summed E-state index contributed by atoms with van der Waals surface area (Å²) in [5.74, 6) is 4.87. The Morgan fingerprint density at radius 2 is 1.23 bits per heavy atom. The molecule has 62 heavy (non-hydrogen) atoms. The van der Waals surface area contributed by atoms with Crippen molar-refractivity contribution in [2.45, 2.75) is 91.7 Å². The smallest absolute Gasteiger partial charge is 0.241 e. The second kappa shape index (κ2) is 21.6. The van der Waals surface area contributed by atoms with Gasteiger partial charge in [0.15, 0.2) is 12.4 Å². The maximum absolute atomic E-state index is 12.2. The van der Waals surface area contributed by atoms with E-state index >= 15 is 0 Å². The summed E-state index contributed by atoms with van der Waals surface area (Å²) in [6.45, 7) is 13.9. The molecule has 0 spiro atoms. The van der Waals surface area contributed by atoms with Gasteiger partial charge in [0.2, 0.25) is 11.8 Å². The fourth-order valence-electron chi connectivity index (χ4n) is 6.93. The van der Waals surface area contributed by atoms with Crippen molar-refractivity contribution < 1.29 is 28.6 Å². The van der Waals surface area contributed by atoms with Gasteiger partial charge < -0.3 is 36.3 Å². The van der Waals surface area contributed by atoms with Crippen LogP contribution in [0.4, 0.5) is 11.4 Å². The Bertz CT molecular complexity index is 2290. The van der Waals surface area contributed by atoms with Crippen LogP contribution in [-0.4, -0.2) is 46.3 Å². The van der Waals surface area contributed by atoms with Gasteiger partial charge in [-0.3, -0.25) is 24.4 Å². The number of carbonyl (C=O) groups is 3. The van der Waals surface area contributed by atoms with Crippen molar-refractivity contribution in [3.63, 3.8) is 0 Å². The number of anilines is 2. The van der Waals surface area contributed by atoms with Crippen molar-refractivity contribution in [2.75, 3.05) is 10.6 Å². The molecule has 0 radical (unpaired) electrons. The van der Waals surface area contributed by atoms with Crippen molar-refractivity contribution in [3.05, 3.63) is 113 Å². The molecular weight excluding hydrogens is 848 g/mol. The number of nitrogens with two attached hydrogens (primary N) is 2. The quantitative estimate of drug-likeness (QED) is 0.0736. The van der Waals surface area contributed by atoms with Crippen LogP contribution in [0.1, 0.15) is 95.0 Å². The van der Waals surface area contributed by atoms with Crippen LogP contribution in [0.3, 0.4) is 0 Å². The molecule has 6 N–H and O–H groups in total. The molecule has 2 aliphatic heterocycles. The van der Waals surface area contributed by atoms with E-state index in [-0.39, 0.29) is 30.1 Å². The summed E-state index contributed by atoms with van der Waals surface area (Å²) in [6, 6.07) is 19.5. The Balaban J connectivity index is 0.000000183. The highest BCUT2D eigenvalue weighted by Crippen LogP contribution is 2.44. The highest BCUT2D eigenvalue weighted by Gasteiger charge is 2.25. The molecule has 1 unspecified atom stereocenters. The molecule has 2 amide bonds. The summed E-state index contributed by atoms with van der Waals surface area (Å²) in [6.07, 6.45) is 14.0. The SMILES string of the molecule is C#CC(C)Oc1cc(Br)ccc1C=O.CC(C)C[C@H](N)C(=O)Nc1ccc2c(c1)O[C@@H](C)c1cnccc1-2.CC(C)C[C@H](N)C(=O)Nc1ccc2c(c1)O[C@H](C)c1cnccc1-2. The Morgan fingerprint density at radius 1 is 0.758 bits per heavy atom. The molecule has 0 fully saturated rings. The second-order valence-corrected chi connectivity index (χ2v) is 17.0. The third-order valence-corrected chi connectivity index (χ3v) is 10.5. The van der Waals surface area contributed by atoms with Gasteiger partial charge >= 0.3 is 0 Å². The van der Waals surface area contributed by atoms with E-state index in [0.717, 1.165) is 55.6 Å². The van der Waals surface area contributed by atoms with Crippen molar-refractivity contribution in [3.8, 4) is 51.8 Å². The van der Waals surface area contributed by atoms with Crippen molar-refractivity contribution in [1.29, 1.82) is 0 Å². The number of ether oxygens (including phenoxy) is 3. The molecule has 12 nitrogen and oxygen atoms in total. The summed E-state index contributed by atoms with van der Waals surface area (Å²) < 4.78 is 18.2. The number of carbonyl (C=O) groups excluding carboxylic acids is 3. The lowest BCUT2D eigenvalue weighted by Crippen LogP contribution is -2.36. The zero-order valence-electron chi connectivity index (χ0n) is 36.1. The van der Waals surface area contributed by atoms with Crippen LogP contribution >= 0.6 is 15.9 Å². The van der Waals surface area contributed by atoms with Gasteiger partial charge in [0, 0.05) is 75.0 Å². The van der Waals surface area contributed by atoms with Crippen LogP contribution < -0.4 is 36.3 Å². The van der Waals surface area contributed by atoms with E-state index in [1.165, 1.54) is 0 Å². The topological polar surface area (TPSA) is 181 Å². The number of rotatable bonds is 11. The molecular formula is C49H55BrN6O6. The lowest BCUT2D eigenvalue weighted by atomic mass is 9.95. The molecule has 0 saturated heterocycles. The van der Waals surface area contributed by atoms with Gasteiger partial charge in [0.05, 0.1) is 17.6 Å². The van der Waals surface area contributed by atoms with E-state index in [4.69, 9.17) is 32.1 Å². The number of aldehydes is 1. The predicted molar refractivity (Wildman–Crippen MR) is 248 cm³/mol. The van der Waals surface area contributed by atoms with Gasteiger partial charge in [-0.15, -0.1) is 6.42 Å². The van der Waals surface area contributed by atoms with Crippen molar-refractivity contribution in [1.82, 2.24) is 9.97 Å². The van der Waals surface area contributed by atoms with E-state index in [1.807, 2.05) is 102 Å². The number of nitrogens with one attached hydrogen (secondary N) is 2. The number of hydrogen-bond acceptors (Lipinski definition) is 10. The number of aromatic nitrogens is 2. The maximum Gasteiger partial charge on any atom is 0.241 e. The van der Waals surface area contributed by atoms with Crippen LogP contribution in [0.15, 0.2) is 96.0 Å². The summed E-state index contributed by atoms with van der Waals surface area (Å²) in [7, 11) is 0. The first-order valence-corrected chi connectivity index (χ1v) is 21.4. The van der Waals surface area contributed by atoms with Crippen LogP contribution in [0.2, 0.25) is 0 Å². The fraction of sp³-hybridized carbons (Fsp3) is 0.327. The molecule has 5 atom stereocenters. The van der Waals surface area contributed by atoms with Gasteiger partial charge in [-0.1, -0.05) is 49.5 Å². The Hall–Kier alpha value is -6.07. The first-order chi connectivity index (χ1) is 29.6. The molecule has 0 bridgehead atoms. The summed E-state index contributed by atoms with van der Waals surface area (Å²) in [4.78, 5) is 43.4. The summed E-state index contributed by atoms with van der Waals surface area (Å²) in [5, 5.41) is 5.76. The monoisotopic (exact) mass is 902 g/mol. The molecule has 7 rings (SSSR count). The number of fused-ring (bicyclic) bond motifs is 6. The van der Waals surface area contributed by atoms with E-state index < -0.39 is 12.1 Å². The number of amides is 2. The van der Waals surface area contributed by atoms with Crippen LogP contribution in [0.5, 0.6) is 17.2 Å². The van der Waals surface area contributed by atoms with Crippen molar-refractivity contribution >= 4 is 45.4 Å². The van der Waals surface area contributed by atoms with E-state index in [9.17, 15) is 14.4 Å². The summed E-state index contributed by atoms with van der Waals surface area (Å²) in [5.41, 5.74) is 20.2. The second-order valence-electron chi connectivity index (χ2n) is 16.0. The average Bonchev–Trinajstić information content (AvgIpc) is 3.23. The number of halogens is 1. The standard InChI is InChI=1S/2C19H23N3O2.C11H9BrO2/c2*1-11(2)8-17(20)19(23)22-13-4-5-15-14-6-7-21-10-16(14)12(3)24-18(15)9-13;1-3-8(2)14-11-6-10(12)5-4-9(11)7-13/h2*4-7,9-12,17H,8,20H2,1-3H3,(H,22,23);1,4-8H,2H3/t12-,17+;12-,17-;/m10./s1. The van der Waals surface area contributed by atoms with Gasteiger partial charge in [-0.25, -0.2) is 0 Å². The minimum atomic E-state index is -0.507. The molecule has 3 aromatic carbocycles. The minimum absolute atomic E-state index is 0.0738. The Morgan fingerprint density at radius 3 is 1.65 bits per heavy atom.